The molecule has 1 aromatic carbocycles. The third-order valence-corrected chi connectivity index (χ3v) is 4.60. The summed E-state index contributed by atoms with van der Waals surface area (Å²) in [4.78, 5) is 30.7. The van der Waals surface area contributed by atoms with Gasteiger partial charge in [0.05, 0.1) is 21.3 Å². The van der Waals surface area contributed by atoms with Crippen LogP contribution in [0.15, 0.2) is 12.1 Å². The van der Waals surface area contributed by atoms with Crippen molar-refractivity contribution in [1.82, 2.24) is 14.7 Å². The van der Waals surface area contributed by atoms with Crippen molar-refractivity contribution in [1.29, 1.82) is 0 Å². The van der Waals surface area contributed by atoms with E-state index in [4.69, 9.17) is 14.2 Å². The number of methoxy groups -OCH3 is 3. The lowest BCUT2D eigenvalue weighted by molar-refractivity contribution is -0.132. The third-order valence-electron chi connectivity index (χ3n) is 4.60. The Morgan fingerprint density at radius 2 is 1.44 bits per heavy atom. The summed E-state index contributed by atoms with van der Waals surface area (Å²) in [6.45, 7) is 2.82. The van der Waals surface area contributed by atoms with Gasteiger partial charge in [0, 0.05) is 44.7 Å². The first-order chi connectivity index (χ1) is 12.9. The van der Waals surface area contributed by atoms with Crippen LogP contribution in [0.2, 0.25) is 0 Å². The summed E-state index contributed by atoms with van der Waals surface area (Å²) >= 11 is 0. The second-order valence-corrected chi connectivity index (χ2v) is 6.64. The fourth-order valence-electron chi connectivity index (χ4n) is 3.02. The average molecular weight is 379 g/mol. The van der Waals surface area contributed by atoms with Crippen LogP contribution in [-0.4, -0.2) is 94.7 Å². The number of hydrogen-bond acceptors (Lipinski definition) is 6. The van der Waals surface area contributed by atoms with E-state index in [0.29, 0.717) is 55.4 Å². The summed E-state index contributed by atoms with van der Waals surface area (Å²) in [5, 5.41) is 0. The molecule has 0 unspecified atom stereocenters. The van der Waals surface area contributed by atoms with Crippen LogP contribution in [0.4, 0.5) is 0 Å². The summed E-state index contributed by atoms with van der Waals surface area (Å²) in [5.74, 6) is 1.35. The number of piperazine rings is 1. The molecule has 8 heteroatoms. The van der Waals surface area contributed by atoms with Crippen molar-refractivity contribution in [3.8, 4) is 17.2 Å². The number of rotatable bonds is 7. The smallest absolute Gasteiger partial charge is 0.254 e. The predicted octanol–water partition coefficient (Wildman–Crippen LogP) is 0.949. The molecule has 0 N–H and O–H groups in total. The minimum Gasteiger partial charge on any atom is -0.493 e. The van der Waals surface area contributed by atoms with E-state index in [0.717, 1.165) is 6.54 Å². The molecule has 2 amide bonds. The minimum atomic E-state index is -0.116. The first-order valence-electron chi connectivity index (χ1n) is 8.93. The molecule has 1 fully saturated rings. The van der Waals surface area contributed by atoms with Crippen molar-refractivity contribution in [2.75, 3.05) is 68.1 Å². The van der Waals surface area contributed by atoms with Crippen molar-refractivity contribution in [2.24, 2.45) is 0 Å². The molecule has 0 atom stereocenters. The first kappa shape index (κ1) is 20.8. The van der Waals surface area contributed by atoms with Gasteiger partial charge in [0.25, 0.3) is 5.91 Å². The molecule has 2 rings (SSSR count). The van der Waals surface area contributed by atoms with Crippen LogP contribution >= 0.6 is 0 Å². The van der Waals surface area contributed by atoms with Crippen LogP contribution in [0.3, 0.4) is 0 Å². The van der Waals surface area contributed by atoms with Crippen LogP contribution in [0.25, 0.3) is 0 Å². The molecule has 1 aliphatic heterocycles. The molecule has 0 aliphatic carbocycles. The molecule has 150 valence electrons. The predicted molar refractivity (Wildman–Crippen MR) is 102 cm³/mol. The molecular weight excluding hydrogens is 350 g/mol. The van der Waals surface area contributed by atoms with Crippen LogP contribution in [-0.2, 0) is 4.79 Å². The van der Waals surface area contributed by atoms with E-state index in [1.807, 2.05) is 23.9 Å². The molecule has 27 heavy (non-hydrogen) atoms. The van der Waals surface area contributed by atoms with Gasteiger partial charge in [-0.25, -0.2) is 0 Å². The molecule has 1 saturated heterocycles. The minimum absolute atomic E-state index is 0.116. The van der Waals surface area contributed by atoms with Gasteiger partial charge in [-0.2, -0.15) is 0 Å². The Morgan fingerprint density at radius 3 is 1.89 bits per heavy atom. The number of benzene rings is 1. The standard InChI is InChI=1S/C19H29N3O5/c1-20(2)7-6-17(23)21-8-10-22(11-9-21)19(24)14-12-15(25-3)18(27-5)16(13-14)26-4/h12-13H,6-11H2,1-5H3. The molecule has 0 bridgehead atoms. The van der Waals surface area contributed by atoms with E-state index in [2.05, 4.69) is 0 Å². The summed E-state index contributed by atoms with van der Waals surface area (Å²) < 4.78 is 15.9. The summed E-state index contributed by atoms with van der Waals surface area (Å²) in [5.41, 5.74) is 0.469. The summed E-state index contributed by atoms with van der Waals surface area (Å²) in [6.07, 6.45) is 0.494. The van der Waals surface area contributed by atoms with Gasteiger partial charge in [0.15, 0.2) is 11.5 Å². The second-order valence-electron chi connectivity index (χ2n) is 6.64. The highest BCUT2D eigenvalue weighted by Crippen LogP contribution is 2.38. The van der Waals surface area contributed by atoms with Crippen LogP contribution in [0.1, 0.15) is 16.8 Å². The van der Waals surface area contributed by atoms with Gasteiger partial charge in [-0.1, -0.05) is 0 Å². The SMILES string of the molecule is COc1cc(C(=O)N2CCN(C(=O)CCN(C)C)CC2)cc(OC)c1OC. The highest BCUT2D eigenvalue weighted by atomic mass is 16.5. The Hall–Kier alpha value is -2.48. The Morgan fingerprint density at radius 1 is 0.926 bits per heavy atom. The van der Waals surface area contributed by atoms with Crippen molar-refractivity contribution >= 4 is 11.8 Å². The fourth-order valence-corrected chi connectivity index (χ4v) is 3.02. The molecule has 1 heterocycles. The van der Waals surface area contributed by atoms with E-state index in [1.54, 1.807) is 17.0 Å². The topological polar surface area (TPSA) is 71.6 Å². The van der Waals surface area contributed by atoms with Crippen LogP contribution in [0, 0.1) is 0 Å². The normalized spacial score (nSPS) is 14.3. The molecule has 0 saturated carbocycles. The van der Waals surface area contributed by atoms with Crippen LogP contribution in [0.5, 0.6) is 17.2 Å². The fraction of sp³-hybridized carbons (Fsp3) is 0.579. The maximum atomic E-state index is 12.9. The van der Waals surface area contributed by atoms with Crippen LogP contribution < -0.4 is 14.2 Å². The Labute approximate surface area is 160 Å². The van der Waals surface area contributed by atoms with Gasteiger partial charge in [0.1, 0.15) is 0 Å². The number of nitrogens with zero attached hydrogens (tertiary/aromatic N) is 3. The number of ether oxygens (including phenoxy) is 3. The number of carbonyl (C=O) groups is 2. The third kappa shape index (κ3) is 5.03. The molecule has 1 aliphatic rings. The molecular formula is C19H29N3O5. The molecule has 0 aromatic heterocycles. The van der Waals surface area contributed by atoms with Crippen molar-refractivity contribution in [2.45, 2.75) is 6.42 Å². The molecule has 8 nitrogen and oxygen atoms in total. The van der Waals surface area contributed by atoms with E-state index in [1.165, 1.54) is 21.3 Å². The monoisotopic (exact) mass is 379 g/mol. The van der Waals surface area contributed by atoms with E-state index in [9.17, 15) is 9.59 Å². The van der Waals surface area contributed by atoms with Crippen molar-refractivity contribution in [3.05, 3.63) is 17.7 Å². The zero-order valence-electron chi connectivity index (χ0n) is 16.8. The van der Waals surface area contributed by atoms with E-state index >= 15 is 0 Å². The zero-order chi connectivity index (χ0) is 20.0. The van der Waals surface area contributed by atoms with E-state index < -0.39 is 0 Å². The molecule has 0 spiro atoms. The van der Waals surface area contributed by atoms with Gasteiger partial charge >= 0.3 is 0 Å². The second kappa shape index (κ2) is 9.45. The lowest BCUT2D eigenvalue weighted by atomic mass is 10.1. The summed E-state index contributed by atoms with van der Waals surface area (Å²) in [7, 11) is 8.45. The van der Waals surface area contributed by atoms with Gasteiger partial charge in [-0.05, 0) is 26.2 Å². The quantitative estimate of drug-likeness (QED) is 0.702. The lowest BCUT2D eigenvalue weighted by Gasteiger charge is -2.35. The molecule has 0 radical (unpaired) electrons. The average Bonchev–Trinajstić information content (AvgIpc) is 2.70. The Bertz CT molecular complexity index is 644. The Kier molecular flexibility index (Phi) is 7.29. The number of hydrogen-bond donors (Lipinski definition) is 0. The van der Waals surface area contributed by atoms with Gasteiger partial charge in [-0.15, -0.1) is 0 Å². The highest BCUT2D eigenvalue weighted by Gasteiger charge is 2.26. The molecule has 1 aromatic rings. The maximum Gasteiger partial charge on any atom is 0.254 e. The van der Waals surface area contributed by atoms with Gasteiger partial charge < -0.3 is 28.9 Å². The van der Waals surface area contributed by atoms with Crippen molar-refractivity contribution in [3.63, 3.8) is 0 Å². The van der Waals surface area contributed by atoms with E-state index in [-0.39, 0.29) is 11.8 Å². The maximum absolute atomic E-state index is 12.9. The van der Waals surface area contributed by atoms with Gasteiger partial charge in [-0.3, -0.25) is 9.59 Å². The number of amides is 2. The zero-order valence-corrected chi connectivity index (χ0v) is 16.8. The first-order valence-corrected chi connectivity index (χ1v) is 8.93. The van der Waals surface area contributed by atoms with Gasteiger partial charge in [0.2, 0.25) is 11.7 Å². The number of carbonyl (C=O) groups excluding carboxylic acids is 2. The Balaban J connectivity index is 2.04. The lowest BCUT2D eigenvalue weighted by Crippen LogP contribution is -2.50. The largest absolute Gasteiger partial charge is 0.493 e. The highest BCUT2D eigenvalue weighted by molar-refractivity contribution is 5.96. The van der Waals surface area contributed by atoms with Crippen molar-refractivity contribution < 1.29 is 23.8 Å². The summed E-state index contributed by atoms with van der Waals surface area (Å²) in [6, 6.07) is 3.30.